The normalized spacial score (nSPS) is 13.5. The fourth-order valence-corrected chi connectivity index (χ4v) is 3.82. The number of carbonyl (C=O) groups is 1. The molecule has 0 aliphatic heterocycles. The van der Waals surface area contributed by atoms with Gasteiger partial charge >= 0.3 is 6.18 Å². The maximum Gasteiger partial charge on any atom is 0.416 e. The fraction of sp³-hybridized carbons (Fsp3) is 0.188. The van der Waals surface area contributed by atoms with Crippen molar-refractivity contribution in [3.05, 3.63) is 69.7 Å². The first-order valence-corrected chi connectivity index (χ1v) is 9.19. The van der Waals surface area contributed by atoms with E-state index in [-0.39, 0.29) is 15.6 Å². The molecule has 0 saturated heterocycles. The number of rotatable bonds is 5. The van der Waals surface area contributed by atoms with E-state index in [0.29, 0.717) is 0 Å². The molecule has 0 bridgehead atoms. The van der Waals surface area contributed by atoms with Gasteiger partial charge in [-0.1, -0.05) is 46.3 Å². The third-order valence-corrected chi connectivity index (χ3v) is 4.94. The third-order valence-electron chi connectivity index (χ3n) is 3.36. The molecule has 25 heavy (non-hydrogen) atoms. The Bertz CT molecular complexity index is 880. The van der Waals surface area contributed by atoms with Gasteiger partial charge in [-0.2, -0.15) is 21.6 Å². The number of hydrogen-bond donors (Lipinski definition) is 1. The van der Waals surface area contributed by atoms with Crippen LogP contribution in [0, 0.1) is 0 Å². The van der Waals surface area contributed by atoms with E-state index in [1.54, 1.807) is 6.07 Å². The van der Waals surface area contributed by atoms with Crippen LogP contribution >= 0.6 is 15.9 Å². The molecule has 2 aromatic carbocycles. The highest BCUT2D eigenvalue weighted by Crippen LogP contribution is 2.33. The largest absolute Gasteiger partial charge is 0.416 e. The Kier molecular flexibility index (Phi) is 5.70. The monoisotopic (exact) mass is 436 g/mol. The fourth-order valence-electron chi connectivity index (χ4n) is 2.36. The van der Waals surface area contributed by atoms with Gasteiger partial charge in [0, 0.05) is 10.9 Å². The quantitative estimate of drug-likeness (QED) is 0.712. The molecule has 0 aliphatic rings. The Morgan fingerprint density at radius 2 is 1.72 bits per heavy atom. The summed E-state index contributed by atoms with van der Waals surface area (Å²) in [5, 5.41) is -1.86. The van der Waals surface area contributed by atoms with E-state index in [1.165, 1.54) is 30.3 Å². The lowest BCUT2D eigenvalue weighted by Gasteiger charge is -2.14. The van der Waals surface area contributed by atoms with E-state index in [9.17, 15) is 30.9 Å². The maximum absolute atomic E-state index is 12.9. The average molecular weight is 437 g/mol. The van der Waals surface area contributed by atoms with Crippen molar-refractivity contribution in [2.45, 2.75) is 17.8 Å². The molecular formula is C16H12BrF3O4S. The number of alkyl halides is 3. The van der Waals surface area contributed by atoms with Crippen LogP contribution in [0.5, 0.6) is 0 Å². The predicted molar refractivity (Wildman–Crippen MR) is 88.6 cm³/mol. The zero-order valence-electron chi connectivity index (χ0n) is 12.5. The molecule has 1 unspecified atom stereocenters. The minimum atomic E-state index is -4.77. The summed E-state index contributed by atoms with van der Waals surface area (Å²) in [5.41, 5.74) is -0.940. The highest BCUT2D eigenvalue weighted by Gasteiger charge is 2.34. The molecule has 134 valence electrons. The molecular weight excluding hydrogens is 425 g/mol. The molecule has 0 saturated carbocycles. The Hall–Kier alpha value is -1.71. The lowest BCUT2D eigenvalue weighted by Crippen LogP contribution is -2.23. The molecule has 0 aliphatic carbocycles. The van der Waals surface area contributed by atoms with E-state index >= 15 is 0 Å². The number of halogens is 4. The van der Waals surface area contributed by atoms with Crippen molar-refractivity contribution in [3.8, 4) is 0 Å². The second-order valence-corrected chi connectivity index (χ2v) is 7.71. The van der Waals surface area contributed by atoms with Gasteiger partial charge in [-0.15, -0.1) is 0 Å². The zero-order valence-corrected chi connectivity index (χ0v) is 14.9. The maximum atomic E-state index is 12.9. The van der Waals surface area contributed by atoms with Crippen molar-refractivity contribution in [1.29, 1.82) is 0 Å². The van der Waals surface area contributed by atoms with Crippen LogP contribution in [0.1, 0.15) is 21.9 Å². The molecule has 0 amide bonds. The number of ketones is 1. The second-order valence-electron chi connectivity index (χ2n) is 5.29. The molecule has 0 fully saturated rings. The average Bonchev–Trinajstić information content (AvgIpc) is 2.45. The standard InChI is InChI=1S/C16H12BrF3O4S/c17-13-7-10(6-12(9-13)16(18,19)20)8-14(21)15(25(22,23)24)11-4-2-1-3-5-11/h1-7,9,15H,8H2,(H,22,23,24). The molecule has 0 spiro atoms. The summed E-state index contributed by atoms with van der Waals surface area (Å²) in [7, 11) is -4.77. The van der Waals surface area contributed by atoms with E-state index in [0.717, 1.165) is 12.1 Å². The first kappa shape index (κ1) is 19.6. The summed E-state index contributed by atoms with van der Waals surface area (Å²) in [4.78, 5) is 12.4. The van der Waals surface area contributed by atoms with Crippen LogP contribution in [-0.4, -0.2) is 18.8 Å². The Morgan fingerprint density at radius 1 is 1.12 bits per heavy atom. The minimum Gasteiger partial charge on any atom is -0.297 e. The van der Waals surface area contributed by atoms with Gasteiger partial charge in [-0.25, -0.2) is 0 Å². The summed E-state index contributed by atoms with van der Waals surface area (Å²) in [5.74, 6) is -0.931. The van der Waals surface area contributed by atoms with Crippen LogP contribution in [-0.2, 0) is 27.5 Å². The minimum absolute atomic E-state index is 0.0173. The van der Waals surface area contributed by atoms with E-state index < -0.39 is 39.3 Å². The van der Waals surface area contributed by atoms with Gasteiger partial charge < -0.3 is 0 Å². The van der Waals surface area contributed by atoms with Gasteiger partial charge in [0.25, 0.3) is 10.1 Å². The van der Waals surface area contributed by atoms with Crippen LogP contribution in [0.15, 0.2) is 53.0 Å². The van der Waals surface area contributed by atoms with Gasteiger partial charge in [-0.05, 0) is 29.3 Å². The summed E-state index contributed by atoms with van der Waals surface area (Å²) < 4.78 is 71.3. The van der Waals surface area contributed by atoms with Crippen molar-refractivity contribution >= 4 is 31.8 Å². The third kappa shape index (κ3) is 5.13. The Balaban J connectivity index is 2.39. The van der Waals surface area contributed by atoms with Crippen LogP contribution in [0.4, 0.5) is 13.2 Å². The van der Waals surface area contributed by atoms with Gasteiger partial charge in [0.05, 0.1) is 5.56 Å². The SMILES string of the molecule is O=C(Cc1cc(Br)cc(C(F)(F)F)c1)C(c1ccccc1)S(=O)(=O)O. The van der Waals surface area contributed by atoms with Gasteiger partial charge in [0.15, 0.2) is 11.0 Å². The molecule has 0 heterocycles. The van der Waals surface area contributed by atoms with E-state index in [4.69, 9.17) is 0 Å². The summed E-state index contributed by atoms with van der Waals surface area (Å²) in [6.07, 6.45) is -5.19. The summed E-state index contributed by atoms with van der Waals surface area (Å²) >= 11 is 2.94. The lowest BCUT2D eigenvalue weighted by molar-refractivity contribution is -0.137. The highest BCUT2D eigenvalue weighted by molar-refractivity contribution is 9.10. The molecule has 1 atom stereocenters. The number of benzene rings is 2. The van der Waals surface area contributed by atoms with E-state index in [2.05, 4.69) is 15.9 Å². The van der Waals surface area contributed by atoms with Crippen LogP contribution in [0.25, 0.3) is 0 Å². The van der Waals surface area contributed by atoms with Gasteiger partial charge in [0.2, 0.25) is 0 Å². The zero-order chi connectivity index (χ0) is 18.8. The Morgan fingerprint density at radius 3 is 2.24 bits per heavy atom. The first-order chi connectivity index (χ1) is 11.5. The van der Waals surface area contributed by atoms with Crippen molar-refractivity contribution in [2.75, 3.05) is 0 Å². The molecule has 4 nitrogen and oxygen atoms in total. The molecule has 2 aromatic rings. The van der Waals surface area contributed by atoms with Crippen LogP contribution in [0.2, 0.25) is 0 Å². The van der Waals surface area contributed by atoms with Crippen molar-refractivity contribution in [1.82, 2.24) is 0 Å². The lowest BCUT2D eigenvalue weighted by atomic mass is 10.0. The first-order valence-electron chi connectivity index (χ1n) is 6.89. The molecule has 1 N–H and O–H groups in total. The Labute approximate surface area is 150 Å². The molecule has 0 radical (unpaired) electrons. The van der Waals surface area contributed by atoms with Crippen molar-refractivity contribution in [3.63, 3.8) is 0 Å². The van der Waals surface area contributed by atoms with Crippen LogP contribution < -0.4 is 0 Å². The predicted octanol–water partition coefficient (Wildman–Crippen LogP) is 4.21. The number of carbonyl (C=O) groups excluding carboxylic acids is 1. The number of hydrogen-bond acceptors (Lipinski definition) is 3. The topological polar surface area (TPSA) is 71.4 Å². The second kappa shape index (κ2) is 7.27. The molecule has 0 aromatic heterocycles. The highest BCUT2D eigenvalue weighted by atomic mass is 79.9. The van der Waals surface area contributed by atoms with Crippen LogP contribution in [0.3, 0.4) is 0 Å². The molecule has 9 heteroatoms. The van der Waals surface area contributed by atoms with E-state index in [1.807, 2.05) is 0 Å². The van der Waals surface area contributed by atoms with Gasteiger partial charge in [-0.3, -0.25) is 9.35 Å². The summed E-state index contributed by atoms with van der Waals surface area (Å²) in [6.45, 7) is 0. The molecule has 2 rings (SSSR count). The summed E-state index contributed by atoms with van der Waals surface area (Å²) in [6, 6.07) is 10.2. The number of Topliss-reactive ketones (excluding diaryl/α,β-unsaturated/α-hetero) is 1. The van der Waals surface area contributed by atoms with Gasteiger partial charge in [0.1, 0.15) is 0 Å². The van der Waals surface area contributed by atoms with Crippen molar-refractivity contribution < 1.29 is 30.9 Å². The van der Waals surface area contributed by atoms with Crippen molar-refractivity contribution in [2.24, 2.45) is 0 Å². The smallest absolute Gasteiger partial charge is 0.297 e.